The van der Waals surface area contributed by atoms with Crippen molar-refractivity contribution in [1.29, 1.82) is 0 Å². The second-order valence-electron chi connectivity index (χ2n) is 4.72. The second-order valence-corrected chi connectivity index (χ2v) is 6.40. The van der Waals surface area contributed by atoms with Crippen LogP contribution >= 0.6 is 0 Å². The van der Waals surface area contributed by atoms with E-state index in [2.05, 4.69) is 9.88 Å². The molecule has 1 aromatic heterocycles. The minimum Gasteiger partial charge on any atom is -0.378 e. The average molecular weight is 295 g/mol. The molecule has 0 unspecified atom stereocenters. The maximum Gasteiger partial charge on any atom is 0.264 e. The summed E-state index contributed by atoms with van der Waals surface area (Å²) in [5, 5.41) is 3.72. The predicted molar refractivity (Wildman–Crippen MR) is 77.6 cm³/mol. The van der Waals surface area contributed by atoms with Crippen LogP contribution in [0.3, 0.4) is 0 Å². The van der Waals surface area contributed by atoms with E-state index in [1.807, 2.05) is 19.0 Å². The van der Waals surface area contributed by atoms with Crippen LogP contribution in [0.15, 0.2) is 33.7 Å². The van der Waals surface area contributed by atoms with Crippen LogP contribution in [0.2, 0.25) is 0 Å². The van der Waals surface area contributed by atoms with Gasteiger partial charge in [-0.25, -0.2) is 13.1 Å². The van der Waals surface area contributed by atoms with Crippen LogP contribution in [0.4, 0.5) is 11.6 Å². The van der Waals surface area contributed by atoms with Crippen molar-refractivity contribution in [1.82, 2.24) is 5.16 Å². The lowest BCUT2D eigenvalue weighted by atomic mass is 10.3. The van der Waals surface area contributed by atoms with Crippen molar-refractivity contribution >= 4 is 21.6 Å². The fourth-order valence-electron chi connectivity index (χ4n) is 1.61. The van der Waals surface area contributed by atoms with Crippen LogP contribution in [0.5, 0.6) is 0 Å². The molecule has 108 valence electrons. The zero-order valence-electron chi connectivity index (χ0n) is 11.8. The monoisotopic (exact) mass is 295 g/mol. The fourth-order valence-corrected chi connectivity index (χ4v) is 2.66. The van der Waals surface area contributed by atoms with Crippen LogP contribution in [-0.4, -0.2) is 27.7 Å². The maximum atomic E-state index is 12.2. The topological polar surface area (TPSA) is 75.4 Å². The molecular weight excluding hydrogens is 278 g/mol. The van der Waals surface area contributed by atoms with E-state index in [9.17, 15) is 8.42 Å². The van der Waals surface area contributed by atoms with Gasteiger partial charge in [0.05, 0.1) is 10.6 Å². The van der Waals surface area contributed by atoms with E-state index in [0.717, 1.165) is 5.69 Å². The van der Waals surface area contributed by atoms with E-state index >= 15 is 0 Å². The standard InChI is InChI=1S/C13H17N3O3S/c1-9-10(2)14-19-13(9)15-20(17,18)12-7-5-11(6-8-12)16(3)4/h5-8,15H,1-4H3. The molecule has 0 saturated heterocycles. The Bertz CT molecular complexity index is 703. The molecule has 0 spiro atoms. The Morgan fingerprint density at radius 1 is 1.15 bits per heavy atom. The number of aromatic nitrogens is 1. The van der Waals surface area contributed by atoms with Crippen molar-refractivity contribution in [2.75, 3.05) is 23.7 Å². The van der Waals surface area contributed by atoms with Gasteiger partial charge >= 0.3 is 0 Å². The van der Waals surface area contributed by atoms with E-state index in [1.54, 1.807) is 38.1 Å². The van der Waals surface area contributed by atoms with Gasteiger partial charge in [-0.15, -0.1) is 0 Å². The SMILES string of the molecule is Cc1noc(NS(=O)(=O)c2ccc(N(C)C)cc2)c1C. The lowest BCUT2D eigenvalue weighted by Crippen LogP contribution is -2.14. The fraction of sp³-hybridized carbons (Fsp3) is 0.308. The lowest BCUT2D eigenvalue weighted by Gasteiger charge is -2.13. The number of hydrogen-bond acceptors (Lipinski definition) is 5. The number of sulfonamides is 1. The molecule has 0 bridgehead atoms. The van der Waals surface area contributed by atoms with Gasteiger partial charge in [-0.1, -0.05) is 5.16 Å². The Kier molecular flexibility index (Phi) is 3.71. The summed E-state index contributed by atoms with van der Waals surface area (Å²) in [6.45, 7) is 3.50. The quantitative estimate of drug-likeness (QED) is 0.935. The molecule has 1 aromatic carbocycles. The highest BCUT2D eigenvalue weighted by Crippen LogP contribution is 2.22. The Morgan fingerprint density at radius 2 is 1.75 bits per heavy atom. The molecule has 1 heterocycles. The van der Waals surface area contributed by atoms with Gasteiger partial charge in [0.1, 0.15) is 0 Å². The lowest BCUT2D eigenvalue weighted by molar-refractivity contribution is 0.430. The number of benzene rings is 1. The van der Waals surface area contributed by atoms with E-state index in [0.29, 0.717) is 11.3 Å². The number of nitrogens with zero attached hydrogens (tertiary/aromatic N) is 2. The molecular formula is C13H17N3O3S. The van der Waals surface area contributed by atoms with Crippen LogP contribution in [0.1, 0.15) is 11.3 Å². The Labute approximate surface area is 118 Å². The van der Waals surface area contributed by atoms with Gasteiger partial charge in [-0.2, -0.15) is 0 Å². The van der Waals surface area contributed by atoms with Crippen LogP contribution in [-0.2, 0) is 10.0 Å². The van der Waals surface area contributed by atoms with Crippen molar-refractivity contribution in [3.8, 4) is 0 Å². The highest BCUT2D eigenvalue weighted by Gasteiger charge is 2.19. The van der Waals surface area contributed by atoms with Crippen molar-refractivity contribution in [2.24, 2.45) is 0 Å². The van der Waals surface area contributed by atoms with Crippen molar-refractivity contribution in [3.63, 3.8) is 0 Å². The molecule has 2 rings (SSSR count). The number of rotatable bonds is 4. The van der Waals surface area contributed by atoms with E-state index < -0.39 is 10.0 Å². The van der Waals surface area contributed by atoms with Crippen molar-refractivity contribution in [3.05, 3.63) is 35.5 Å². The van der Waals surface area contributed by atoms with Gasteiger partial charge in [0.25, 0.3) is 10.0 Å². The van der Waals surface area contributed by atoms with Crippen LogP contribution < -0.4 is 9.62 Å². The summed E-state index contributed by atoms with van der Waals surface area (Å²) in [5.41, 5.74) is 2.26. The smallest absolute Gasteiger partial charge is 0.264 e. The summed E-state index contributed by atoms with van der Waals surface area (Å²) in [6.07, 6.45) is 0. The molecule has 0 saturated carbocycles. The van der Waals surface area contributed by atoms with Gasteiger partial charge in [-0.05, 0) is 38.1 Å². The largest absolute Gasteiger partial charge is 0.378 e. The zero-order chi connectivity index (χ0) is 14.9. The molecule has 0 aliphatic heterocycles. The third-order valence-electron chi connectivity index (χ3n) is 3.05. The summed E-state index contributed by atoms with van der Waals surface area (Å²) >= 11 is 0. The molecule has 0 radical (unpaired) electrons. The summed E-state index contributed by atoms with van der Waals surface area (Å²) in [7, 11) is 0.115. The summed E-state index contributed by atoms with van der Waals surface area (Å²) in [4.78, 5) is 2.07. The number of nitrogens with one attached hydrogen (secondary N) is 1. The molecule has 2 aromatic rings. The molecule has 0 aliphatic rings. The minimum absolute atomic E-state index is 0.152. The highest BCUT2D eigenvalue weighted by molar-refractivity contribution is 7.92. The Hall–Kier alpha value is -2.02. The third-order valence-corrected chi connectivity index (χ3v) is 4.39. The highest BCUT2D eigenvalue weighted by atomic mass is 32.2. The van der Waals surface area contributed by atoms with Gasteiger partial charge in [0.2, 0.25) is 5.88 Å². The molecule has 7 heteroatoms. The van der Waals surface area contributed by atoms with Gasteiger partial charge < -0.3 is 9.42 Å². The summed E-state index contributed by atoms with van der Waals surface area (Å²) < 4.78 is 31.8. The minimum atomic E-state index is -3.67. The van der Waals surface area contributed by atoms with Crippen molar-refractivity contribution < 1.29 is 12.9 Å². The molecule has 1 N–H and O–H groups in total. The summed E-state index contributed by atoms with van der Waals surface area (Å²) in [6, 6.07) is 6.59. The molecule has 0 atom stereocenters. The van der Waals surface area contributed by atoms with E-state index in [-0.39, 0.29) is 10.8 Å². The first-order valence-corrected chi connectivity index (χ1v) is 7.52. The first-order chi connectivity index (χ1) is 9.31. The number of aryl methyl sites for hydroxylation is 1. The Morgan fingerprint density at radius 3 is 2.20 bits per heavy atom. The average Bonchev–Trinajstić information content (AvgIpc) is 2.70. The number of hydrogen-bond donors (Lipinski definition) is 1. The first kappa shape index (κ1) is 14.4. The van der Waals surface area contributed by atoms with Gasteiger partial charge in [0.15, 0.2) is 0 Å². The Balaban J connectivity index is 2.28. The molecule has 20 heavy (non-hydrogen) atoms. The molecule has 6 nitrogen and oxygen atoms in total. The number of anilines is 2. The first-order valence-electron chi connectivity index (χ1n) is 6.04. The normalized spacial score (nSPS) is 11.4. The van der Waals surface area contributed by atoms with Gasteiger partial charge in [-0.3, -0.25) is 0 Å². The third kappa shape index (κ3) is 2.77. The van der Waals surface area contributed by atoms with Crippen LogP contribution in [0.25, 0.3) is 0 Å². The second kappa shape index (κ2) is 5.16. The maximum absolute atomic E-state index is 12.2. The predicted octanol–water partition coefficient (Wildman–Crippen LogP) is 2.16. The molecule has 0 fully saturated rings. The van der Waals surface area contributed by atoms with E-state index in [1.165, 1.54) is 0 Å². The van der Waals surface area contributed by atoms with Gasteiger partial charge in [0, 0.05) is 25.3 Å². The van der Waals surface area contributed by atoms with Crippen molar-refractivity contribution in [2.45, 2.75) is 18.7 Å². The van der Waals surface area contributed by atoms with E-state index in [4.69, 9.17) is 4.52 Å². The molecule has 0 aliphatic carbocycles. The summed E-state index contributed by atoms with van der Waals surface area (Å²) in [5.74, 6) is 0.152. The zero-order valence-corrected chi connectivity index (χ0v) is 12.7. The molecule has 0 amide bonds. The van der Waals surface area contributed by atoms with Crippen LogP contribution in [0, 0.1) is 13.8 Å².